The zero-order valence-corrected chi connectivity index (χ0v) is 15.2. The van der Waals surface area contributed by atoms with Gasteiger partial charge in [-0.15, -0.1) is 0 Å². The Kier molecular flexibility index (Phi) is 7.99. The second kappa shape index (κ2) is 8.52. The maximum atomic E-state index is 13.6. The van der Waals surface area contributed by atoms with E-state index >= 15 is 0 Å². The maximum Gasteiger partial charge on any atom is 0.460 e. The Morgan fingerprint density at radius 2 is 0.912 bits per heavy atom. The standard InChI is InChI=1S/C13H5F19O2/c1-2-34-5(33)3(7(17,18)19)4(14)6(15,16)8(20,21)9(22,23)10(24,25)11(26,27)12(28,29)13(30,31)32/h2H2,1H3. The van der Waals surface area contributed by atoms with Gasteiger partial charge in [-0.05, 0) is 6.92 Å². The molecule has 0 aliphatic heterocycles. The molecule has 0 aliphatic carbocycles. The highest BCUT2D eigenvalue weighted by molar-refractivity contribution is 5.90. The summed E-state index contributed by atoms with van der Waals surface area (Å²) in [7, 11) is 0. The van der Waals surface area contributed by atoms with Crippen molar-refractivity contribution < 1.29 is 92.9 Å². The molecule has 0 aliphatic rings. The molecule has 0 rings (SSSR count). The van der Waals surface area contributed by atoms with E-state index < -0.39 is 71.9 Å². The van der Waals surface area contributed by atoms with Gasteiger partial charge in [0.15, 0.2) is 11.4 Å². The van der Waals surface area contributed by atoms with Crippen molar-refractivity contribution in [1.29, 1.82) is 0 Å². The molecule has 202 valence electrons. The molecular formula is C13H5F19O2. The van der Waals surface area contributed by atoms with Crippen LogP contribution in [0.3, 0.4) is 0 Å². The molecule has 0 saturated carbocycles. The molecule has 0 aromatic rings. The fourth-order valence-corrected chi connectivity index (χ4v) is 1.79. The zero-order chi connectivity index (χ0) is 28.1. The van der Waals surface area contributed by atoms with Crippen LogP contribution in [0.1, 0.15) is 6.92 Å². The average Bonchev–Trinajstić information content (AvgIpc) is 2.58. The summed E-state index contributed by atoms with van der Waals surface area (Å²) in [6, 6.07) is 0. The van der Waals surface area contributed by atoms with Crippen LogP contribution in [0.25, 0.3) is 0 Å². The lowest BCUT2D eigenvalue weighted by molar-refractivity contribution is -0.450. The smallest absolute Gasteiger partial charge is 0.460 e. The summed E-state index contributed by atoms with van der Waals surface area (Å²) in [5.41, 5.74) is -4.18. The summed E-state index contributed by atoms with van der Waals surface area (Å²) >= 11 is 0. The van der Waals surface area contributed by atoms with Crippen LogP contribution in [0, 0.1) is 0 Å². The van der Waals surface area contributed by atoms with Gasteiger partial charge in [-0.2, -0.15) is 79.0 Å². The van der Waals surface area contributed by atoms with Crippen LogP contribution in [0.5, 0.6) is 0 Å². The molecule has 21 heteroatoms. The Morgan fingerprint density at radius 1 is 0.588 bits per heavy atom. The van der Waals surface area contributed by atoms with Crippen molar-refractivity contribution in [1.82, 2.24) is 0 Å². The topological polar surface area (TPSA) is 26.3 Å². The van der Waals surface area contributed by atoms with Gasteiger partial charge >= 0.3 is 53.9 Å². The molecule has 0 aromatic heterocycles. The Bertz CT molecular complexity index is 800. The van der Waals surface area contributed by atoms with E-state index in [1.54, 1.807) is 0 Å². The highest BCUT2D eigenvalue weighted by Crippen LogP contribution is 2.63. The first-order valence-electron chi connectivity index (χ1n) is 7.49. The van der Waals surface area contributed by atoms with E-state index in [9.17, 15) is 88.2 Å². The molecule has 0 amide bonds. The van der Waals surface area contributed by atoms with Crippen molar-refractivity contribution in [3.8, 4) is 0 Å². The minimum Gasteiger partial charge on any atom is -0.462 e. The molecule has 0 aromatic carbocycles. The van der Waals surface area contributed by atoms with Crippen molar-refractivity contribution in [2.45, 2.75) is 54.8 Å². The Labute approximate surface area is 173 Å². The Balaban J connectivity index is 7.14. The average molecular weight is 554 g/mol. The van der Waals surface area contributed by atoms with Crippen LogP contribution >= 0.6 is 0 Å². The minimum atomic E-state index is -8.84. The number of carbonyl (C=O) groups is 1. The molecule has 2 nitrogen and oxygen atoms in total. The third-order valence-corrected chi connectivity index (χ3v) is 3.59. The first-order chi connectivity index (χ1) is 14.5. The van der Waals surface area contributed by atoms with Crippen molar-refractivity contribution >= 4 is 5.97 Å². The summed E-state index contributed by atoms with van der Waals surface area (Å²) in [6.07, 6.45) is -14.7. The molecule has 0 radical (unpaired) electrons. The normalized spacial score (nSPS) is 16.4. The fraction of sp³-hybridized carbons (Fsp3) is 0.769. The van der Waals surface area contributed by atoms with E-state index in [0.717, 1.165) is 0 Å². The largest absolute Gasteiger partial charge is 0.462 e. The summed E-state index contributed by atoms with van der Waals surface area (Å²) in [5.74, 6) is -59.7. The lowest BCUT2D eigenvalue weighted by Gasteiger charge is -2.41. The van der Waals surface area contributed by atoms with Gasteiger partial charge in [0, 0.05) is 0 Å². The molecular weight excluding hydrogens is 549 g/mol. The van der Waals surface area contributed by atoms with Crippen LogP contribution in [0.2, 0.25) is 0 Å². The minimum absolute atomic E-state index is 0.591. The lowest BCUT2D eigenvalue weighted by atomic mass is 9.90. The summed E-state index contributed by atoms with van der Waals surface area (Å²) in [4.78, 5) is 11.0. The van der Waals surface area contributed by atoms with Crippen molar-refractivity contribution in [3.63, 3.8) is 0 Å². The number of hydrogen-bond acceptors (Lipinski definition) is 2. The van der Waals surface area contributed by atoms with Gasteiger partial charge in [-0.3, -0.25) is 0 Å². The third kappa shape index (κ3) is 4.44. The van der Waals surface area contributed by atoms with Crippen LogP contribution in [0.15, 0.2) is 11.4 Å². The van der Waals surface area contributed by atoms with E-state index in [4.69, 9.17) is 0 Å². The Hall–Kier alpha value is -2.12. The van der Waals surface area contributed by atoms with Gasteiger partial charge in [0.05, 0.1) is 6.61 Å². The van der Waals surface area contributed by atoms with E-state index in [-0.39, 0.29) is 0 Å². The molecule has 0 spiro atoms. The zero-order valence-electron chi connectivity index (χ0n) is 15.2. The van der Waals surface area contributed by atoms with E-state index in [1.165, 1.54) is 0 Å². The molecule has 0 heterocycles. The first-order valence-corrected chi connectivity index (χ1v) is 7.49. The van der Waals surface area contributed by atoms with E-state index in [0.29, 0.717) is 6.92 Å². The van der Waals surface area contributed by atoms with Gasteiger partial charge in [0.25, 0.3) is 0 Å². The number of halogens is 19. The fourth-order valence-electron chi connectivity index (χ4n) is 1.79. The van der Waals surface area contributed by atoms with Crippen LogP contribution in [-0.4, -0.2) is 60.5 Å². The lowest BCUT2D eigenvalue weighted by Crippen LogP contribution is -2.72. The number of rotatable bonds is 8. The van der Waals surface area contributed by atoms with Gasteiger partial charge in [-0.1, -0.05) is 0 Å². The summed E-state index contributed by atoms with van der Waals surface area (Å²) in [6.45, 7) is -0.672. The molecule has 0 unspecified atom stereocenters. The molecule has 34 heavy (non-hydrogen) atoms. The number of alkyl halides is 18. The van der Waals surface area contributed by atoms with Gasteiger partial charge in [0.2, 0.25) is 0 Å². The molecule has 0 atom stereocenters. The SMILES string of the molecule is CCOC(=O)C(=C(F)C(F)(F)C(F)(F)C(F)(F)C(F)(F)C(F)(F)C(F)(F)C(F)(F)F)C(F)(F)F. The number of hydrogen-bond donors (Lipinski definition) is 0. The third-order valence-electron chi connectivity index (χ3n) is 3.59. The predicted molar refractivity (Wildman–Crippen MR) is 66.6 cm³/mol. The van der Waals surface area contributed by atoms with Crippen molar-refractivity contribution in [2.24, 2.45) is 0 Å². The Morgan fingerprint density at radius 3 is 1.21 bits per heavy atom. The molecule has 0 fully saturated rings. The van der Waals surface area contributed by atoms with Gasteiger partial charge in [0.1, 0.15) is 0 Å². The number of allylic oxidation sites excluding steroid dienone is 1. The number of carbonyl (C=O) groups excluding carboxylic acids is 1. The van der Waals surface area contributed by atoms with E-state index in [1.807, 2.05) is 0 Å². The predicted octanol–water partition coefficient (Wildman–Crippen LogP) is 6.71. The highest BCUT2D eigenvalue weighted by atomic mass is 19.4. The number of esters is 1. The summed E-state index contributed by atoms with van der Waals surface area (Å²) in [5, 5.41) is 0. The molecule has 0 N–H and O–H groups in total. The molecule has 0 bridgehead atoms. The van der Waals surface area contributed by atoms with Crippen LogP contribution in [0.4, 0.5) is 83.4 Å². The first kappa shape index (κ1) is 31.9. The highest BCUT2D eigenvalue weighted by Gasteiger charge is 2.93. The second-order valence-electron chi connectivity index (χ2n) is 5.85. The monoisotopic (exact) mass is 554 g/mol. The number of ether oxygens (including phenoxy) is 1. The van der Waals surface area contributed by atoms with Gasteiger partial charge < -0.3 is 4.74 Å². The van der Waals surface area contributed by atoms with Crippen LogP contribution in [-0.2, 0) is 9.53 Å². The van der Waals surface area contributed by atoms with Crippen LogP contribution < -0.4 is 0 Å². The maximum absolute atomic E-state index is 13.6. The molecule has 0 saturated heterocycles. The van der Waals surface area contributed by atoms with E-state index in [2.05, 4.69) is 4.74 Å². The summed E-state index contributed by atoms with van der Waals surface area (Å²) < 4.78 is 249. The van der Waals surface area contributed by atoms with Gasteiger partial charge in [-0.25, -0.2) is 9.18 Å². The van der Waals surface area contributed by atoms with Crippen molar-refractivity contribution in [2.75, 3.05) is 6.61 Å². The second-order valence-corrected chi connectivity index (χ2v) is 5.85. The quantitative estimate of drug-likeness (QED) is 0.190. The van der Waals surface area contributed by atoms with Crippen molar-refractivity contribution in [3.05, 3.63) is 11.4 Å².